The number of phosphoric ester groups is 1. The standard InChI is InChI=1S/C22H19Br2Cl2N2O9P/c23-8-1-3-10-15(17(8)25)12(5-27-10)34-22-21(20(31)19(30)14(7-29)35-22)37-38(32,33)36-13-6-28-11-4-2-9(24)18(26)16(11)13/h1-6,14,19-22,27-31H,7H2,(H,32,33)/t14-,19-,20+,21+,22+/m1/s1. The second-order valence-corrected chi connectivity index (χ2v) is 12.1. The minimum absolute atomic E-state index is 0.0946. The number of aromatic amines is 2. The highest BCUT2D eigenvalue weighted by Crippen LogP contribution is 2.50. The van der Waals surface area contributed by atoms with E-state index in [0.29, 0.717) is 35.8 Å². The van der Waals surface area contributed by atoms with Gasteiger partial charge in [0, 0.05) is 21.3 Å². The minimum Gasteiger partial charge on any atom is -0.460 e. The lowest BCUT2D eigenvalue weighted by atomic mass is 9.99. The predicted octanol–water partition coefficient (Wildman–Crippen LogP) is 4.86. The zero-order valence-electron chi connectivity index (χ0n) is 18.8. The number of rotatable bonds is 7. The van der Waals surface area contributed by atoms with Gasteiger partial charge >= 0.3 is 7.82 Å². The van der Waals surface area contributed by atoms with E-state index in [4.69, 9.17) is 41.7 Å². The number of hydrogen-bond donors (Lipinski definition) is 6. The van der Waals surface area contributed by atoms with Crippen molar-refractivity contribution in [2.75, 3.05) is 6.61 Å². The van der Waals surface area contributed by atoms with Gasteiger partial charge in [-0.05, 0) is 56.1 Å². The van der Waals surface area contributed by atoms with Crippen molar-refractivity contribution in [2.45, 2.75) is 30.7 Å². The van der Waals surface area contributed by atoms with E-state index in [0.717, 1.165) is 0 Å². The van der Waals surface area contributed by atoms with Gasteiger partial charge in [0.25, 0.3) is 0 Å². The summed E-state index contributed by atoms with van der Waals surface area (Å²) in [4.78, 5) is 16.5. The lowest BCUT2D eigenvalue weighted by Gasteiger charge is -2.41. The number of benzene rings is 2. The average molecular weight is 717 g/mol. The molecule has 0 spiro atoms. The van der Waals surface area contributed by atoms with Gasteiger partial charge in [0.05, 0.1) is 38.5 Å². The van der Waals surface area contributed by atoms with Crippen LogP contribution in [0.3, 0.4) is 0 Å². The van der Waals surface area contributed by atoms with Crippen LogP contribution in [0.15, 0.2) is 45.6 Å². The molecule has 1 unspecified atom stereocenters. The highest BCUT2D eigenvalue weighted by atomic mass is 79.9. The highest BCUT2D eigenvalue weighted by Gasteiger charge is 2.50. The van der Waals surface area contributed by atoms with E-state index in [1.165, 1.54) is 12.4 Å². The van der Waals surface area contributed by atoms with Crippen molar-refractivity contribution in [1.29, 1.82) is 0 Å². The Morgan fingerprint density at radius 2 is 1.50 bits per heavy atom. The third-order valence-electron chi connectivity index (χ3n) is 5.94. The van der Waals surface area contributed by atoms with Crippen molar-refractivity contribution in [1.82, 2.24) is 9.97 Å². The Kier molecular flexibility index (Phi) is 8.09. The molecule has 6 atom stereocenters. The zero-order chi connectivity index (χ0) is 27.4. The SMILES string of the molecule is O=P(O)(Oc1c[nH]c2ccc(Br)c(Cl)c12)O[C@@H]1[C@@H](Oc2c[nH]c3ccc(Br)c(Cl)c23)O[C@H](CO)[C@@H](O)[C@@H]1O. The monoisotopic (exact) mass is 714 g/mol. The van der Waals surface area contributed by atoms with E-state index in [2.05, 4.69) is 41.8 Å². The van der Waals surface area contributed by atoms with Gasteiger partial charge in [-0.1, -0.05) is 23.2 Å². The van der Waals surface area contributed by atoms with Gasteiger partial charge in [-0.15, -0.1) is 0 Å². The number of aliphatic hydroxyl groups excluding tert-OH is 3. The summed E-state index contributed by atoms with van der Waals surface area (Å²) in [6.45, 7) is -0.680. The van der Waals surface area contributed by atoms with Crippen LogP contribution in [-0.2, 0) is 13.8 Å². The summed E-state index contributed by atoms with van der Waals surface area (Å²) < 4.78 is 36.3. The molecule has 4 aromatic rings. The van der Waals surface area contributed by atoms with Gasteiger partial charge in [-0.3, -0.25) is 9.42 Å². The van der Waals surface area contributed by atoms with E-state index < -0.39 is 45.1 Å². The van der Waals surface area contributed by atoms with E-state index in [-0.39, 0.29) is 16.5 Å². The predicted molar refractivity (Wildman–Crippen MR) is 146 cm³/mol. The molecule has 2 aromatic carbocycles. The molecule has 11 nitrogen and oxygen atoms in total. The van der Waals surface area contributed by atoms with Crippen LogP contribution in [0.2, 0.25) is 10.0 Å². The second-order valence-electron chi connectivity index (χ2n) is 8.33. The molecule has 0 saturated carbocycles. The first kappa shape index (κ1) is 28.2. The van der Waals surface area contributed by atoms with Crippen LogP contribution in [0.25, 0.3) is 21.8 Å². The van der Waals surface area contributed by atoms with Gasteiger partial charge < -0.3 is 39.3 Å². The molecule has 3 heterocycles. The fourth-order valence-corrected chi connectivity index (χ4v) is 6.25. The van der Waals surface area contributed by atoms with Crippen LogP contribution in [0, 0.1) is 0 Å². The number of halogens is 4. The van der Waals surface area contributed by atoms with E-state index >= 15 is 0 Å². The van der Waals surface area contributed by atoms with E-state index in [1.807, 2.05) is 0 Å². The summed E-state index contributed by atoms with van der Waals surface area (Å²) >= 11 is 19.4. The van der Waals surface area contributed by atoms with Gasteiger partial charge in [0.15, 0.2) is 11.9 Å². The minimum atomic E-state index is -5.00. The lowest BCUT2D eigenvalue weighted by molar-refractivity contribution is -0.273. The van der Waals surface area contributed by atoms with Crippen molar-refractivity contribution in [3.05, 3.63) is 55.6 Å². The molecule has 38 heavy (non-hydrogen) atoms. The van der Waals surface area contributed by atoms with Crippen LogP contribution in [0.4, 0.5) is 0 Å². The smallest absolute Gasteiger partial charge is 0.460 e. The number of fused-ring (bicyclic) bond motifs is 2. The molecular formula is C22H19Br2Cl2N2O9P. The molecule has 0 amide bonds. The summed E-state index contributed by atoms with van der Waals surface area (Å²) in [5.74, 6) is 0.0648. The number of aromatic nitrogens is 2. The average Bonchev–Trinajstić information content (AvgIpc) is 3.47. The van der Waals surface area contributed by atoms with Gasteiger partial charge in [0.1, 0.15) is 24.1 Å². The summed E-state index contributed by atoms with van der Waals surface area (Å²) in [5, 5.41) is 32.1. The topological polar surface area (TPSA) is 166 Å². The van der Waals surface area contributed by atoms with Crippen LogP contribution in [0.5, 0.6) is 11.5 Å². The first-order valence-electron chi connectivity index (χ1n) is 10.9. The van der Waals surface area contributed by atoms with Gasteiger partial charge in [-0.25, -0.2) is 4.57 Å². The van der Waals surface area contributed by atoms with E-state index in [9.17, 15) is 24.8 Å². The Labute approximate surface area is 241 Å². The number of phosphoric acid groups is 1. The maximum atomic E-state index is 13.1. The molecular weight excluding hydrogens is 698 g/mol. The van der Waals surface area contributed by atoms with Crippen LogP contribution in [0.1, 0.15) is 0 Å². The molecule has 1 aliphatic heterocycles. The molecule has 0 radical (unpaired) electrons. The first-order valence-corrected chi connectivity index (χ1v) is 14.7. The molecule has 1 aliphatic rings. The number of ether oxygens (including phenoxy) is 2. The molecule has 5 rings (SSSR count). The Balaban J connectivity index is 1.46. The summed E-state index contributed by atoms with van der Waals surface area (Å²) in [6.07, 6.45) is -5.32. The van der Waals surface area contributed by atoms with Crippen molar-refractivity contribution in [3.8, 4) is 11.5 Å². The molecule has 6 N–H and O–H groups in total. The molecule has 0 aliphatic carbocycles. The maximum absolute atomic E-state index is 13.1. The summed E-state index contributed by atoms with van der Waals surface area (Å²) in [7, 11) is -5.00. The Morgan fingerprint density at radius 1 is 0.947 bits per heavy atom. The lowest BCUT2D eigenvalue weighted by Crippen LogP contribution is -2.60. The van der Waals surface area contributed by atoms with Crippen LogP contribution in [-0.4, -0.2) is 67.5 Å². The third kappa shape index (κ3) is 5.23. The fourth-order valence-electron chi connectivity index (χ4n) is 4.11. The Morgan fingerprint density at radius 3 is 2.08 bits per heavy atom. The fraction of sp³-hybridized carbons (Fsp3) is 0.273. The van der Waals surface area contributed by atoms with Crippen molar-refractivity contribution >= 4 is 84.7 Å². The third-order valence-corrected chi connectivity index (χ3v) is 9.44. The van der Waals surface area contributed by atoms with Crippen molar-refractivity contribution < 1.29 is 43.3 Å². The Bertz CT molecular complexity index is 1550. The number of H-pyrrole nitrogens is 2. The maximum Gasteiger partial charge on any atom is 0.528 e. The largest absolute Gasteiger partial charge is 0.528 e. The molecule has 16 heteroatoms. The highest BCUT2D eigenvalue weighted by molar-refractivity contribution is 9.10. The van der Waals surface area contributed by atoms with Gasteiger partial charge in [0.2, 0.25) is 6.29 Å². The van der Waals surface area contributed by atoms with Crippen LogP contribution < -0.4 is 9.26 Å². The quantitative estimate of drug-likeness (QED) is 0.147. The van der Waals surface area contributed by atoms with Gasteiger partial charge in [-0.2, -0.15) is 0 Å². The van der Waals surface area contributed by atoms with Crippen LogP contribution >= 0.6 is 62.9 Å². The first-order chi connectivity index (χ1) is 18.0. The molecule has 0 bridgehead atoms. The summed E-state index contributed by atoms with van der Waals surface area (Å²) in [6, 6.07) is 6.83. The van der Waals surface area contributed by atoms with Crippen molar-refractivity contribution in [2.24, 2.45) is 0 Å². The zero-order valence-corrected chi connectivity index (χ0v) is 24.4. The molecule has 1 fully saturated rings. The number of hydrogen-bond acceptors (Lipinski definition) is 8. The van der Waals surface area contributed by atoms with Crippen molar-refractivity contribution in [3.63, 3.8) is 0 Å². The molecule has 204 valence electrons. The molecule has 2 aromatic heterocycles. The Hall–Kier alpha value is -1.35. The van der Waals surface area contributed by atoms with E-state index in [1.54, 1.807) is 24.3 Å². The molecule has 1 saturated heterocycles. The normalized spacial score (nSPS) is 25.5. The number of nitrogens with one attached hydrogen (secondary N) is 2. The number of aliphatic hydroxyl groups is 3. The second kappa shape index (κ2) is 10.9. The summed E-state index contributed by atoms with van der Waals surface area (Å²) in [5.41, 5.74) is 1.14.